The second-order valence-electron chi connectivity index (χ2n) is 5.87. The lowest BCUT2D eigenvalue weighted by molar-refractivity contribution is 0.123. The van der Waals surface area contributed by atoms with E-state index >= 15 is 0 Å². The Kier molecular flexibility index (Phi) is 4.65. The lowest BCUT2D eigenvalue weighted by atomic mass is 9.94. The number of likely N-dealkylation sites (tertiary alicyclic amines) is 1. The number of hydrogen-bond acceptors (Lipinski definition) is 2. The van der Waals surface area contributed by atoms with Crippen molar-refractivity contribution < 1.29 is 0 Å². The molecular formula is C16H26N2. The Morgan fingerprint density at radius 2 is 1.89 bits per heavy atom. The van der Waals surface area contributed by atoms with Gasteiger partial charge in [-0.3, -0.25) is 0 Å². The average Bonchev–Trinajstić information content (AvgIpc) is 2.36. The maximum atomic E-state index is 5.70. The van der Waals surface area contributed by atoms with Crippen LogP contribution < -0.4 is 5.73 Å². The number of hydrogen-bond donors (Lipinski definition) is 1. The van der Waals surface area contributed by atoms with Gasteiger partial charge in [0.25, 0.3) is 0 Å². The van der Waals surface area contributed by atoms with Crippen molar-refractivity contribution in [3.8, 4) is 0 Å². The molecule has 1 saturated heterocycles. The van der Waals surface area contributed by atoms with E-state index in [0.717, 1.165) is 24.1 Å². The predicted octanol–water partition coefficient (Wildman–Crippen LogP) is 3.32. The van der Waals surface area contributed by atoms with Crippen molar-refractivity contribution in [2.24, 2.45) is 5.92 Å². The molecule has 1 heterocycles. The van der Waals surface area contributed by atoms with E-state index < -0.39 is 0 Å². The molecule has 0 spiro atoms. The Morgan fingerprint density at radius 1 is 1.17 bits per heavy atom. The van der Waals surface area contributed by atoms with Crippen molar-refractivity contribution in [2.45, 2.75) is 45.6 Å². The molecule has 0 amide bonds. The number of benzene rings is 1. The first-order valence-electron chi connectivity index (χ1n) is 7.23. The fourth-order valence-corrected chi connectivity index (χ4v) is 2.86. The molecule has 1 aliphatic heterocycles. The summed E-state index contributed by atoms with van der Waals surface area (Å²) in [6, 6.07) is 9.07. The molecule has 2 heteroatoms. The van der Waals surface area contributed by atoms with Crippen LogP contribution in [0, 0.1) is 5.92 Å². The first kappa shape index (κ1) is 13.4. The van der Waals surface area contributed by atoms with Gasteiger partial charge in [0.05, 0.1) is 0 Å². The number of aryl methyl sites for hydroxylation is 1. The summed E-state index contributed by atoms with van der Waals surface area (Å²) >= 11 is 0. The summed E-state index contributed by atoms with van der Waals surface area (Å²) in [5.74, 6) is 0.873. The zero-order valence-corrected chi connectivity index (χ0v) is 11.7. The van der Waals surface area contributed by atoms with Gasteiger partial charge in [-0.1, -0.05) is 19.1 Å². The predicted molar refractivity (Wildman–Crippen MR) is 78.6 cm³/mol. The smallest absolute Gasteiger partial charge is 0.0314 e. The van der Waals surface area contributed by atoms with E-state index in [2.05, 4.69) is 30.9 Å². The second kappa shape index (κ2) is 6.24. The number of nitrogens with two attached hydrogens (primary N) is 1. The van der Waals surface area contributed by atoms with Crippen LogP contribution in [0.25, 0.3) is 0 Å². The average molecular weight is 246 g/mol. The molecule has 0 aromatic heterocycles. The van der Waals surface area contributed by atoms with E-state index in [1.807, 2.05) is 12.1 Å². The molecular weight excluding hydrogens is 220 g/mol. The minimum absolute atomic E-state index is 0.771. The Balaban J connectivity index is 1.76. The second-order valence-corrected chi connectivity index (χ2v) is 5.87. The van der Waals surface area contributed by atoms with Gasteiger partial charge in [0.2, 0.25) is 0 Å². The van der Waals surface area contributed by atoms with Crippen LogP contribution in [0.2, 0.25) is 0 Å². The summed E-state index contributed by atoms with van der Waals surface area (Å²) < 4.78 is 0. The Bertz CT molecular complexity index is 358. The fraction of sp³-hybridized carbons (Fsp3) is 0.625. The molecule has 2 unspecified atom stereocenters. The molecule has 0 saturated carbocycles. The number of rotatable bonds is 4. The largest absolute Gasteiger partial charge is 0.399 e. The molecule has 0 radical (unpaired) electrons. The molecule has 1 aromatic carbocycles. The molecule has 100 valence electrons. The lowest BCUT2D eigenvalue weighted by Crippen LogP contribution is -2.41. The Hall–Kier alpha value is -1.02. The third-order valence-corrected chi connectivity index (χ3v) is 4.14. The third kappa shape index (κ3) is 3.74. The Morgan fingerprint density at radius 3 is 2.61 bits per heavy atom. The van der Waals surface area contributed by atoms with Gasteiger partial charge in [0.1, 0.15) is 0 Å². The maximum absolute atomic E-state index is 5.70. The molecule has 2 nitrogen and oxygen atoms in total. The first-order chi connectivity index (χ1) is 8.65. The van der Waals surface area contributed by atoms with Crippen LogP contribution in [0.4, 0.5) is 5.69 Å². The van der Waals surface area contributed by atoms with Crippen LogP contribution in [0.3, 0.4) is 0 Å². The van der Waals surface area contributed by atoms with Crippen molar-refractivity contribution >= 4 is 5.69 Å². The van der Waals surface area contributed by atoms with Gasteiger partial charge in [-0.05, 0) is 62.8 Å². The highest BCUT2D eigenvalue weighted by molar-refractivity contribution is 5.39. The van der Waals surface area contributed by atoms with E-state index in [1.165, 1.54) is 37.9 Å². The molecule has 18 heavy (non-hydrogen) atoms. The summed E-state index contributed by atoms with van der Waals surface area (Å²) in [4.78, 5) is 2.66. The molecule has 1 aromatic rings. The van der Waals surface area contributed by atoms with E-state index in [-0.39, 0.29) is 0 Å². The SMILES string of the molecule is CC1CCC(C)N(CCCc2ccc(N)cc2)C1. The first-order valence-corrected chi connectivity index (χ1v) is 7.23. The third-order valence-electron chi connectivity index (χ3n) is 4.14. The molecule has 1 fully saturated rings. The monoisotopic (exact) mass is 246 g/mol. The van der Waals surface area contributed by atoms with Crippen molar-refractivity contribution in [1.82, 2.24) is 4.90 Å². The minimum Gasteiger partial charge on any atom is -0.399 e. The molecule has 2 atom stereocenters. The molecule has 0 aliphatic carbocycles. The lowest BCUT2D eigenvalue weighted by Gasteiger charge is -2.36. The van der Waals surface area contributed by atoms with Gasteiger partial charge in [0.15, 0.2) is 0 Å². The summed E-state index contributed by atoms with van der Waals surface area (Å²) in [6.07, 6.45) is 5.18. The zero-order valence-electron chi connectivity index (χ0n) is 11.7. The Labute approximate surface area is 111 Å². The van der Waals surface area contributed by atoms with Gasteiger partial charge >= 0.3 is 0 Å². The van der Waals surface area contributed by atoms with E-state index in [1.54, 1.807) is 0 Å². The summed E-state index contributed by atoms with van der Waals surface area (Å²) in [5.41, 5.74) is 7.96. The van der Waals surface area contributed by atoms with Crippen molar-refractivity contribution in [2.75, 3.05) is 18.8 Å². The van der Waals surface area contributed by atoms with Crippen LogP contribution in [-0.2, 0) is 6.42 Å². The summed E-state index contributed by atoms with van der Waals surface area (Å²) in [6.45, 7) is 7.26. The normalized spacial score (nSPS) is 25.2. The van der Waals surface area contributed by atoms with Gasteiger partial charge in [-0.2, -0.15) is 0 Å². The molecule has 2 N–H and O–H groups in total. The van der Waals surface area contributed by atoms with Gasteiger partial charge in [0, 0.05) is 18.3 Å². The highest BCUT2D eigenvalue weighted by Crippen LogP contribution is 2.21. The highest BCUT2D eigenvalue weighted by Gasteiger charge is 2.21. The number of piperidine rings is 1. The van der Waals surface area contributed by atoms with E-state index in [4.69, 9.17) is 5.73 Å². The quantitative estimate of drug-likeness (QED) is 0.826. The minimum atomic E-state index is 0.771. The maximum Gasteiger partial charge on any atom is 0.0314 e. The summed E-state index contributed by atoms with van der Waals surface area (Å²) in [7, 11) is 0. The van der Waals surface area contributed by atoms with Crippen LogP contribution >= 0.6 is 0 Å². The van der Waals surface area contributed by atoms with Crippen molar-refractivity contribution in [3.63, 3.8) is 0 Å². The van der Waals surface area contributed by atoms with Gasteiger partial charge < -0.3 is 10.6 Å². The van der Waals surface area contributed by atoms with E-state index in [9.17, 15) is 0 Å². The topological polar surface area (TPSA) is 29.3 Å². The van der Waals surface area contributed by atoms with Crippen LogP contribution in [0.1, 0.15) is 38.7 Å². The highest BCUT2D eigenvalue weighted by atomic mass is 15.2. The standard InChI is InChI=1S/C16H26N2/c1-13-5-6-14(2)18(12-13)11-3-4-15-7-9-16(17)10-8-15/h7-10,13-14H,3-6,11-12,17H2,1-2H3. The zero-order chi connectivity index (χ0) is 13.0. The number of nitrogens with zero attached hydrogens (tertiary/aromatic N) is 1. The van der Waals surface area contributed by atoms with E-state index in [0.29, 0.717) is 0 Å². The summed E-state index contributed by atoms with van der Waals surface area (Å²) in [5, 5.41) is 0. The fourth-order valence-electron chi connectivity index (χ4n) is 2.86. The molecule has 1 aliphatic rings. The van der Waals surface area contributed by atoms with Crippen molar-refractivity contribution in [1.29, 1.82) is 0 Å². The number of nitrogen functional groups attached to an aromatic ring is 1. The molecule has 2 rings (SSSR count). The number of anilines is 1. The van der Waals surface area contributed by atoms with Crippen molar-refractivity contribution in [3.05, 3.63) is 29.8 Å². The van der Waals surface area contributed by atoms with Gasteiger partial charge in [-0.15, -0.1) is 0 Å². The molecule has 0 bridgehead atoms. The van der Waals surface area contributed by atoms with Gasteiger partial charge in [-0.25, -0.2) is 0 Å². The van der Waals surface area contributed by atoms with Crippen LogP contribution in [0.5, 0.6) is 0 Å². The van der Waals surface area contributed by atoms with Crippen LogP contribution in [-0.4, -0.2) is 24.0 Å². The van der Waals surface area contributed by atoms with Crippen LogP contribution in [0.15, 0.2) is 24.3 Å².